The second-order valence-corrected chi connectivity index (χ2v) is 5.35. The molecular weight excluding hydrogens is 198 g/mol. The summed E-state index contributed by atoms with van der Waals surface area (Å²) >= 11 is 0. The molecule has 1 atom stereocenters. The number of ketones is 1. The van der Waals surface area contributed by atoms with Crippen molar-refractivity contribution in [3.8, 4) is 0 Å². The van der Waals surface area contributed by atoms with Crippen LogP contribution in [0.1, 0.15) is 59.3 Å². The number of hydrogen-bond donors (Lipinski definition) is 0. The van der Waals surface area contributed by atoms with E-state index in [0.29, 0.717) is 17.7 Å². The van der Waals surface area contributed by atoms with E-state index in [-0.39, 0.29) is 0 Å². The Morgan fingerprint density at radius 3 is 2.69 bits per heavy atom. The molecule has 94 valence electrons. The first-order chi connectivity index (χ1) is 7.65. The van der Waals surface area contributed by atoms with Crippen molar-refractivity contribution >= 4 is 5.78 Å². The van der Waals surface area contributed by atoms with Crippen LogP contribution in [-0.2, 0) is 4.79 Å². The third kappa shape index (κ3) is 4.25. The van der Waals surface area contributed by atoms with Crippen molar-refractivity contribution in [2.24, 2.45) is 5.92 Å². The fourth-order valence-corrected chi connectivity index (χ4v) is 2.56. The van der Waals surface area contributed by atoms with Crippen molar-refractivity contribution in [2.75, 3.05) is 13.1 Å². The topological polar surface area (TPSA) is 20.3 Å². The van der Waals surface area contributed by atoms with Crippen LogP contribution in [0.3, 0.4) is 0 Å². The first-order valence-electron chi connectivity index (χ1n) is 6.92. The zero-order valence-corrected chi connectivity index (χ0v) is 11.2. The van der Waals surface area contributed by atoms with Crippen LogP contribution in [0, 0.1) is 5.92 Å². The van der Waals surface area contributed by atoms with Gasteiger partial charge < -0.3 is 4.90 Å². The largest absolute Gasteiger partial charge is 0.300 e. The molecule has 16 heavy (non-hydrogen) atoms. The van der Waals surface area contributed by atoms with E-state index in [0.717, 1.165) is 32.4 Å². The van der Waals surface area contributed by atoms with Crippen LogP contribution >= 0.6 is 0 Å². The Bertz CT molecular complexity index is 213. The summed E-state index contributed by atoms with van der Waals surface area (Å²) in [6.07, 6.45) is 6.73. The van der Waals surface area contributed by atoms with Crippen LogP contribution in [0.2, 0.25) is 0 Å². The van der Waals surface area contributed by atoms with Gasteiger partial charge in [0.1, 0.15) is 5.78 Å². The van der Waals surface area contributed by atoms with E-state index < -0.39 is 0 Å². The zero-order chi connectivity index (χ0) is 12.0. The number of Topliss-reactive ketones (excluding diaryl/α,β-unsaturated/α-hetero) is 1. The van der Waals surface area contributed by atoms with Gasteiger partial charge in [-0.25, -0.2) is 0 Å². The minimum absolute atomic E-state index is 0.316. The molecular formula is C14H27NO. The predicted molar refractivity (Wildman–Crippen MR) is 68.6 cm³/mol. The van der Waals surface area contributed by atoms with Gasteiger partial charge in [-0.2, -0.15) is 0 Å². The van der Waals surface area contributed by atoms with Gasteiger partial charge in [-0.1, -0.05) is 19.8 Å². The van der Waals surface area contributed by atoms with Crippen LogP contribution in [0.15, 0.2) is 0 Å². The Labute approximate surface area is 100 Å². The van der Waals surface area contributed by atoms with Crippen molar-refractivity contribution in [1.29, 1.82) is 0 Å². The molecule has 0 aromatic rings. The van der Waals surface area contributed by atoms with Crippen molar-refractivity contribution in [1.82, 2.24) is 4.90 Å². The number of hydrogen-bond acceptors (Lipinski definition) is 2. The molecule has 0 radical (unpaired) electrons. The standard InChI is InChI=1S/C14H27NO/c1-4-10-15(12(2)3)11-13-8-6-5-7-9-14(13)16/h12-13H,4-11H2,1-3H3. The molecule has 0 aromatic heterocycles. The minimum Gasteiger partial charge on any atom is -0.300 e. The maximum atomic E-state index is 11.9. The lowest BCUT2D eigenvalue weighted by atomic mass is 9.97. The molecule has 0 amide bonds. The molecule has 1 saturated carbocycles. The molecule has 0 heterocycles. The fraction of sp³-hybridized carbons (Fsp3) is 0.929. The summed E-state index contributed by atoms with van der Waals surface area (Å²) in [4.78, 5) is 14.4. The monoisotopic (exact) mass is 225 g/mol. The summed E-state index contributed by atoms with van der Waals surface area (Å²) in [5, 5.41) is 0. The SMILES string of the molecule is CCCN(CC1CCCCCC1=O)C(C)C. The van der Waals surface area contributed by atoms with E-state index in [2.05, 4.69) is 25.7 Å². The lowest BCUT2D eigenvalue weighted by Gasteiger charge is -2.29. The van der Waals surface area contributed by atoms with Crippen molar-refractivity contribution in [3.05, 3.63) is 0 Å². The molecule has 1 fully saturated rings. The molecule has 1 unspecified atom stereocenters. The first kappa shape index (κ1) is 13.7. The normalized spacial score (nSPS) is 22.8. The molecule has 0 bridgehead atoms. The van der Waals surface area contributed by atoms with E-state index in [1.807, 2.05) is 0 Å². The quantitative estimate of drug-likeness (QED) is 0.669. The molecule has 1 aliphatic carbocycles. The molecule has 1 aliphatic rings. The van der Waals surface area contributed by atoms with E-state index >= 15 is 0 Å². The van der Waals surface area contributed by atoms with Crippen LogP contribution in [0.5, 0.6) is 0 Å². The van der Waals surface area contributed by atoms with Gasteiger partial charge in [-0.3, -0.25) is 4.79 Å². The summed E-state index contributed by atoms with van der Waals surface area (Å²) in [7, 11) is 0. The second kappa shape index (κ2) is 7.05. The van der Waals surface area contributed by atoms with Gasteiger partial charge in [0, 0.05) is 24.9 Å². The van der Waals surface area contributed by atoms with Crippen LogP contribution < -0.4 is 0 Å². The predicted octanol–water partition coefficient (Wildman–Crippen LogP) is 3.26. The highest BCUT2D eigenvalue weighted by Gasteiger charge is 2.23. The smallest absolute Gasteiger partial charge is 0.137 e. The number of nitrogens with zero attached hydrogens (tertiary/aromatic N) is 1. The van der Waals surface area contributed by atoms with E-state index in [4.69, 9.17) is 0 Å². The fourth-order valence-electron chi connectivity index (χ4n) is 2.56. The molecule has 0 spiro atoms. The molecule has 0 aromatic carbocycles. The number of rotatable bonds is 5. The van der Waals surface area contributed by atoms with E-state index in [1.54, 1.807) is 0 Å². The molecule has 2 nitrogen and oxygen atoms in total. The van der Waals surface area contributed by atoms with Gasteiger partial charge in [0.05, 0.1) is 0 Å². The maximum absolute atomic E-state index is 11.9. The third-order valence-electron chi connectivity index (χ3n) is 3.63. The average molecular weight is 225 g/mol. The first-order valence-corrected chi connectivity index (χ1v) is 6.92. The lowest BCUT2D eigenvalue weighted by molar-refractivity contribution is -0.123. The van der Waals surface area contributed by atoms with Gasteiger partial charge in [0.25, 0.3) is 0 Å². The van der Waals surface area contributed by atoms with Gasteiger partial charge >= 0.3 is 0 Å². The Balaban J connectivity index is 2.50. The van der Waals surface area contributed by atoms with Gasteiger partial charge in [0.15, 0.2) is 0 Å². The van der Waals surface area contributed by atoms with Crippen LogP contribution in [0.25, 0.3) is 0 Å². The Kier molecular flexibility index (Phi) is 6.04. The molecule has 2 heteroatoms. The second-order valence-electron chi connectivity index (χ2n) is 5.35. The summed E-state index contributed by atoms with van der Waals surface area (Å²) in [5.41, 5.74) is 0. The maximum Gasteiger partial charge on any atom is 0.137 e. The Hall–Kier alpha value is -0.370. The molecule has 0 aliphatic heterocycles. The average Bonchev–Trinajstić information content (AvgIpc) is 2.43. The zero-order valence-electron chi connectivity index (χ0n) is 11.2. The minimum atomic E-state index is 0.316. The molecule has 0 N–H and O–H groups in total. The summed E-state index contributed by atoms with van der Waals surface area (Å²) < 4.78 is 0. The highest BCUT2D eigenvalue weighted by molar-refractivity contribution is 5.81. The highest BCUT2D eigenvalue weighted by atomic mass is 16.1. The van der Waals surface area contributed by atoms with Crippen molar-refractivity contribution < 1.29 is 4.79 Å². The Morgan fingerprint density at radius 2 is 2.06 bits per heavy atom. The van der Waals surface area contributed by atoms with Gasteiger partial charge in [0.2, 0.25) is 0 Å². The summed E-state index contributed by atoms with van der Waals surface area (Å²) in [5.74, 6) is 0.829. The molecule has 1 rings (SSSR count). The van der Waals surface area contributed by atoms with E-state index in [1.165, 1.54) is 19.3 Å². The van der Waals surface area contributed by atoms with Crippen LogP contribution in [-0.4, -0.2) is 29.8 Å². The lowest BCUT2D eigenvalue weighted by Crippen LogP contribution is -2.38. The van der Waals surface area contributed by atoms with Crippen molar-refractivity contribution in [2.45, 2.75) is 65.3 Å². The number of carbonyl (C=O) groups excluding carboxylic acids is 1. The van der Waals surface area contributed by atoms with E-state index in [9.17, 15) is 4.79 Å². The molecule has 0 saturated heterocycles. The Morgan fingerprint density at radius 1 is 1.31 bits per heavy atom. The van der Waals surface area contributed by atoms with Gasteiger partial charge in [-0.15, -0.1) is 0 Å². The third-order valence-corrected chi connectivity index (χ3v) is 3.63. The van der Waals surface area contributed by atoms with Gasteiger partial charge in [-0.05, 0) is 39.7 Å². The van der Waals surface area contributed by atoms with Crippen LogP contribution in [0.4, 0.5) is 0 Å². The van der Waals surface area contributed by atoms with Crippen molar-refractivity contribution in [3.63, 3.8) is 0 Å². The summed E-state index contributed by atoms with van der Waals surface area (Å²) in [6.45, 7) is 8.80. The number of carbonyl (C=O) groups is 1. The highest BCUT2D eigenvalue weighted by Crippen LogP contribution is 2.21. The summed E-state index contributed by atoms with van der Waals surface area (Å²) in [6, 6.07) is 0.566.